The Balaban J connectivity index is 0.000000300. The molecule has 0 aromatic carbocycles. The molecule has 2 heterocycles. The van der Waals surface area contributed by atoms with Gasteiger partial charge < -0.3 is 46.9 Å². The fraction of sp³-hybridized carbons (Fsp3) is 1.00. The molecule has 0 spiro atoms. The van der Waals surface area contributed by atoms with Gasteiger partial charge in [-0.25, -0.2) is 8.78 Å². The summed E-state index contributed by atoms with van der Waals surface area (Å²) < 4.78 is 77.2. The fourth-order valence-electron chi connectivity index (χ4n) is 2.78. The van der Waals surface area contributed by atoms with Crippen LogP contribution in [0.1, 0.15) is 0 Å². The number of halogens is 2. The molecule has 2 fully saturated rings. The van der Waals surface area contributed by atoms with Gasteiger partial charge in [-0.05, 0) is 0 Å². The molecule has 4 unspecified atom stereocenters. The van der Waals surface area contributed by atoms with Crippen molar-refractivity contribution in [2.24, 2.45) is 0 Å². The van der Waals surface area contributed by atoms with Crippen LogP contribution in [0.25, 0.3) is 0 Å². The molecule has 0 bridgehead atoms. The Morgan fingerprint density at radius 2 is 1.13 bits per heavy atom. The van der Waals surface area contributed by atoms with E-state index < -0.39 is 64.0 Å². The quantitative estimate of drug-likeness (QED) is 0.314. The van der Waals surface area contributed by atoms with Gasteiger partial charge in [-0.15, -0.1) is 0 Å². The molecule has 0 aromatic rings. The highest BCUT2D eigenvalue weighted by Crippen LogP contribution is 2.40. The molecule has 0 amide bonds. The second-order valence-corrected chi connectivity index (χ2v) is 10.3. The summed E-state index contributed by atoms with van der Waals surface area (Å²) in [6.07, 6.45) is -7.41. The van der Waals surface area contributed by atoms with Crippen molar-refractivity contribution in [2.75, 3.05) is 40.8 Å². The van der Waals surface area contributed by atoms with Gasteiger partial charge in [0.05, 0.1) is 25.2 Å². The van der Waals surface area contributed by atoms with Crippen molar-refractivity contribution in [3.05, 3.63) is 0 Å². The molecular formula is C14H24B2F2O10P2-2. The van der Waals surface area contributed by atoms with Crippen LogP contribution in [0.3, 0.4) is 0 Å². The van der Waals surface area contributed by atoms with E-state index in [0.29, 0.717) is 0 Å². The molecule has 0 N–H and O–H groups in total. The number of alkyl halides is 2. The first-order chi connectivity index (χ1) is 13.7. The Morgan fingerprint density at radius 3 is 1.37 bits per heavy atom. The molecule has 30 heavy (non-hydrogen) atoms. The third kappa shape index (κ3) is 8.94. The van der Waals surface area contributed by atoms with Crippen molar-refractivity contribution in [1.29, 1.82) is 0 Å². The summed E-state index contributed by atoms with van der Waals surface area (Å²) in [7, 11) is 5.30. The van der Waals surface area contributed by atoms with Gasteiger partial charge in [-0.2, -0.15) is 0 Å². The Morgan fingerprint density at radius 1 is 0.833 bits per heavy atom. The molecule has 172 valence electrons. The van der Waals surface area contributed by atoms with Crippen LogP contribution in [0.15, 0.2) is 0 Å². The van der Waals surface area contributed by atoms with E-state index in [9.17, 15) is 27.7 Å². The summed E-state index contributed by atoms with van der Waals surface area (Å²) in [6, 6.07) is -2.36. The van der Waals surface area contributed by atoms with E-state index in [1.54, 1.807) is 0 Å². The Kier molecular flexibility index (Phi) is 11.1. The Labute approximate surface area is 176 Å². The van der Waals surface area contributed by atoms with Crippen molar-refractivity contribution in [3.8, 4) is 0 Å². The van der Waals surface area contributed by atoms with E-state index in [4.69, 9.17) is 34.6 Å². The van der Waals surface area contributed by atoms with E-state index >= 15 is 0 Å². The minimum atomic E-state index is -4.02. The van der Waals surface area contributed by atoms with Crippen LogP contribution in [0, 0.1) is 0 Å². The maximum atomic E-state index is 13.4. The molecule has 0 aromatic heterocycles. The first-order valence-electron chi connectivity index (χ1n) is 8.72. The molecule has 2 aliphatic rings. The third-order valence-electron chi connectivity index (χ3n) is 3.94. The van der Waals surface area contributed by atoms with Gasteiger partial charge in [0.15, 0.2) is 0 Å². The summed E-state index contributed by atoms with van der Waals surface area (Å²) in [6.45, 7) is 1.79. The van der Waals surface area contributed by atoms with Crippen LogP contribution in [-0.4, -0.2) is 105 Å². The first-order valence-corrected chi connectivity index (χ1v) is 12.7. The number of ether oxygens (including phenoxy) is 4. The number of methoxy groups -OCH3 is 2. The van der Waals surface area contributed by atoms with E-state index in [0.717, 1.165) is 13.3 Å². The molecule has 0 saturated carbocycles. The lowest BCUT2D eigenvalue weighted by Crippen LogP contribution is -2.35. The summed E-state index contributed by atoms with van der Waals surface area (Å²) >= 11 is 0. The van der Waals surface area contributed by atoms with E-state index in [1.165, 1.54) is 14.2 Å². The second kappa shape index (κ2) is 11.8. The molecular weight excluding hydrogens is 450 g/mol. The molecule has 2 saturated heterocycles. The summed E-state index contributed by atoms with van der Waals surface area (Å²) in [4.78, 5) is 21.8. The summed E-state index contributed by atoms with van der Waals surface area (Å²) in [5, 5.41) is 0. The molecule has 4 radical (unpaired) electrons. The maximum absolute atomic E-state index is 13.4. The highest BCUT2D eigenvalue weighted by Gasteiger charge is 2.45. The second-order valence-electron chi connectivity index (χ2n) is 6.76. The highest BCUT2D eigenvalue weighted by molar-refractivity contribution is 7.50. The van der Waals surface area contributed by atoms with Gasteiger partial charge in [-0.1, -0.05) is 0 Å². The molecule has 2 aliphatic heterocycles. The van der Waals surface area contributed by atoms with Crippen LogP contribution in [-0.2, 0) is 37.1 Å². The van der Waals surface area contributed by atoms with E-state index in [-0.39, 0.29) is 13.2 Å². The zero-order chi connectivity index (χ0) is 23.3. The normalized spacial score (nSPS) is 40.3. The van der Waals surface area contributed by atoms with Gasteiger partial charge in [-0.3, -0.25) is 0 Å². The third-order valence-corrected chi connectivity index (χ3v) is 5.19. The molecule has 10 atom stereocenters. The lowest BCUT2D eigenvalue weighted by atomic mass is 9.94. The molecule has 16 heteroatoms. The largest absolute Gasteiger partial charge is 0.779 e. The van der Waals surface area contributed by atoms with Gasteiger partial charge in [0.25, 0.3) is 0 Å². The van der Waals surface area contributed by atoms with Crippen molar-refractivity contribution < 1.29 is 55.7 Å². The lowest BCUT2D eigenvalue weighted by Gasteiger charge is -2.26. The van der Waals surface area contributed by atoms with Crippen LogP contribution >= 0.6 is 15.2 Å². The number of hydrogen-bond acceptors (Lipinski definition) is 10. The van der Waals surface area contributed by atoms with Crippen LogP contribution in [0.4, 0.5) is 8.78 Å². The SMILES string of the molecule is [B][C@@H]1O[C@H](COC)[C@H](OP(C)(=O)[O-])C1F.[B][C@@H]1O[C@H](COC)[C@H](OP(C)(=O)[O-])C1F. The average molecular weight is 474 g/mol. The van der Waals surface area contributed by atoms with Crippen LogP contribution < -0.4 is 9.79 Å². The predicted octanol–water partition coefficient (Wildman–Crippen LogP) is -1.13. The maximum Gasteiger partial charge on any atom is 0.147 e. The molecule has 0 aliphatic carbocycles. The van der Waals surface area contributed by atoms with Gasteiger partial charge >= 0.3 is 0 Å². The lowest BCUT2D eigenvalue weighted by molar-refractivity contribution is -0.205. The van der Waals surface area contributed by atoms with Gasteiger partial charge in [0, 0.05) is 27.5 Å². The smallest absolute Gasteiger partial charge is 0.147 e. The van der Waals surface area contributed by atoms with Gasteiger partial charge in [0.2, 0.25) is 0 Å². The zero-order valence-electron chi connectivity index (χ0n) is 16.9. The first kappa shape index (κ1) is 28.2. The molecule has 2 rings (SSSR count). The monoisotopic (exact) mass is 474 g/mol. The Hall–Kier alpha value is 0.130. The zero-order valence-corrected chi connectivity index (χ0v) is 18.7. The van der Waals surface area contributed by atoms with Crippen molar-refractivity contribution >= 4 is 30.9 Å². The minimum absolute atomic E-state index is 0.0266. The standard InChI is InChI=1S/2C7H13BFO5P/c2*1-12-3-4-6(14-15(2,10)11)5(9)7(8)13-4/h2*4-7H,3H2,1-2H3,(H,10,11)/p-2/t2*4-,5?,6+,7-/m11/s1. The van der Waals surface area contributed by atoms with Crippen LogP contribution in [0.2, 0.25) is 0 Å². The van der Waals surface area contributed by atoms with E-state index in [1.807, 2.05) is 0 Å². The minimum Gasteiger partial charge on any atom is -0.779 e. The number of rotatable bonds is 8. The summed E-state index contributed by atoms with van der Waals surface area (Å²) in [5.41, 5.74) is 0. The molecule has 10 nitrogen and oxygen atoms in total. The van der Waals surface area contributed by atoms with Crippen molar-refractivity contribution in [1.82, 2.24) is 0 Å². The van der Waals surface area contributed by atoms with Crippen LogP contribution in [0.5, 0.6) is 0 Å². The Bertz CT molecular complexity index is 572. The number of hydrogen-bond donors (Lipinski definition) is 0. The fourth-order valence-corrected chi connectivity index (χ4v) is 4.17. The van der Waals surface area contributed by atoms with E-state index in [2.05, 4.69) is 9.05 Å². The average Bonchev–Trinajstić information content (AvgIpc) is 2.99. The van der Waals surface area contributed by atoms with Gasteiger partial charge in [0.1, 0.15) is 67.6 Å². The summed E-state index contributed by atoms with van der Waals surface area (Å²) in [5.74, 6) is 0. The highest BCUT2D eigenvalue weighted by atomic mass is 31.2. The predicted molar refractivity (Wildman–Crippen MR) is 99.2 cm³/mol. The topological polar surface area (TPSA) is 136 Å². The van der Waals surface area contributed by atoms with Crippen molar-refractivity contribution in [3.63, 3.8) is 0 Å². The van der Waals surface area contributed by atoms with Crippen molar-refractivity contribution in [2.45, 2.75) is 48.8 Å².